The monoisotopic (exact) mass is 503 g/mol. The minimum atomic E-state index is -0.867. The van der Waals surface area contributed by atoms with Crippen molar-refractivity contribution in [3.8, 4) is 0 Å². The fourth-order valence-corrected chi connectivity index (χ4v) is 4.91. The maximum absolute atomic E-state index is 13.6. The van der Waals surface area contributed by atoms with Gasteiger partial charge in [0.05, 0.1) is 0 Å². The highest BCUT2D eigenvalue weighted by Gasteiger charge is 2.41. The molecule has 2 aliphatic rings. The van der Waals surface area contributed by atoms with E-state index in [4.69, 9.17) is 5.73 Å². The van der Waals surface area contributed by atoms with Crippen LogP contribution in [0.25, 0.3) is 0 Å². The molecule has 1 aromatic heterocycles. The number of aromatic nitrogens is 2. The molecule has 3 aromatic rings. The van der Waals surface area contributed by atoms with E-state index >= 15 is 0 Å². The molecule has 0 radical (unpaired) electrons. The lowest BCUT2D eigenvalue weighted by Crippen LogP contribution is -2.14. The predicted octanol–water partition coefficient (Wildman–Crippen LogP) is 6.05. The smallest absolute Gasteiger partial charge is 0.191 e. The van der Waals surface area contributed by atoms with Crippen LogP contribution in [0.3, 0.4) is 0 Å². The molecule has 2 fully saturated rings. The maximum atomic E-state index is 13.6. The molecule has 2 aromatic carbocycles. The molecule has 0 bridgehead atoms. The van der Waals surface area contributed by atoms with E-state index in [1.54, 1.807) is 12.1 Å². The summed E-state index contributed by atoms with van der Waals surface area (Å²) in [6.07, 6.45) is 2.44. The molecule has 0 amide bonds. The van der Waals surface area contributed by atoms with Gasteiger partial charge in [0.15, 0.2) is 40.1 Å². The minimum absolute atomic E-state index is 0.00944. The number of nitrogens with zero attached hydrogens (tertiary/aromatic N) is 2. The number of hydrogen-bond acceptors (Lipinski definition) is 6. The zero-order valence-corrected chi connectivity index (χ0v) is 19.8. The van der Waals surface area contributed by atoms with E-state index in [0.717, 1.165) is 48.3 Å². The molecular weight excluding hydrogens is 478 g/mol. The van der Waals surface area contributed by atoms with Crippen molar-refractivity contribution in [2.75, 3.05) is 22.1 Å². The van der Waals surface area contributed by atoms with Crippen LogP contribution in [0.4, 0.5) is 34.9 Å². The average molecular weight is 504 g/mol. The van der Waals surface area contributed by atoms with Crippen molar-refractivity contribution in [2.45, 2.75) is 55.3 Å². The van der Waals surface area contributed by atoms with Crippen molar-refractivity contribution in [1.29, 1.82) is 0 Å². The molecule has 10 heteroatoms. The summed E-state index contributed by atoms with van der Waals surface area (Å²) in [5.41, 5.74) is 8.21. The summed E-state index contributed by atoms with van der Waals surface area (Å²) in [4.78, 5) is 9.17. The fraction of sp³-hybridized carbons (Fsp3) is 0.360. The van der Waals surface area contributed by atoms with Gasteiger partial charge in [0.1, 0.15) is 5.69 Å². The summed E-state index contributed by atoms with van der Waals surface area (Å²) in [6.45, 7) is 2.07. The molecule has 5 rings (SSSR count). The number of anilines is 3. The second-order valence-corrected chi connectivity index (χ2v) is 10.1. The zero-order chi connectivity index (χ0) is 24.7. The Bertz CT molecular complexity index is 1170. The van der Waals surface area contributed by atoms with E-state index in [0.29, 0.717) is 22.5 Å². The highest BCUT2D eigenvalue weighted by molar-refractivity contribution is 7.99. The van der Waals surface area contributed by atoms with Gasteiger partial charge in [-0.1, -0.05) is 30.8 Å². The van der Waals surface area contributed by atoms with Gasteiger partial charge < -0.3 is 16.4 Å². The normalized spacial score (nSPS) is 22.7. The lowest BCUT2D eigenvalue weighted by atomic mass is 10.1. The topological polar surface area (TPSA) is 75.9 Å². The predicted molar refractivity (Wildman–Crippen MR) is 130 cm³/mol. The molecule has 0 spiro atoms. The summed E-state index contributed by atoms with van der Waals surface area (Å²) in [7, 11) is 0. The van der Waals surface area contributed by atoms with Gasteiger partial charge in [-0.2, -0.15) is 0 Å². The Labute approximate surface area is 204 Å². The largest absolute Gasteiger partial charge is 0.393 e. The Morgan fingerprint density at radius 1 is 0.829 bits per heavy atom. The molecule has 0 saturated heterocycles. The van der Waals surface area contributed by atoms with Gasteiger partial charge >= 0.3 is 0 Å². The summed E-state index contributed by atoms with van der Waals surface area (Å²) < 4.78 is 53.9. The number of halogens is 4. The molecule has 0 unspecified atom stereocenters. The number of thioether (sulfide) groups is 1. The third kappa shape index (κ3) is 5.17. The molecule has 4 N–H and O–H groups in total. The van der Waals surface area contributed by atoms with Crippen molar-refractivity contribution in [3.63, 3.8) is 0 Å². The third-order valence-corrected chi connectivity index (χ3v) is 7.38. The Kier molecular flexibility index (Phi) is 6.48. The zero-order valence-electron chi connectivity index (χ0n) is 19.0. The summed E-state index contributed by atoms with van der Waals surface area (Å²) in [5.74, 6) is -1.58. The maximum Gasteiger partial charge on any atom is 0.191 e. The molecule has 4 atom stereocenters. The van der Waals surface area contributed by atoms with Gasteiger partial charge in [-0.25, -0.2) is 27.5 Å². The number of nitrogens with two attached hydrogens (primary N) is 1. The van der Waals surface area contributed by atoms with E-state index in [9.17, 15) is 17.6 Å². The highest BCUT2D eigenvalue weighted by Crippen LogP contribution is 2.46. The van der Waals surface area contributed by atoms with E-state index in [-0.39, 0.29) is 23.9 Å². The van der Waals surface area contributed by atoms with Crippen molar-refractivity contribution >= 4 is 29.1 Å². The molecule has 184 valence electrons. The fourth-order valence-electron chi connectivity index (χ4n) is 4.21. The molecule has 2 saturated carbocycles. The molecule has 5 nitrogen and oxygen atoms in total. The van der Waals surface area contributed by atoms with Gasteiger partial charge in [-0.3, -0.25) is 0 Å². The molecular formula is C25H25F4N5S. The van der Waals surface area contributed by atoms with Crippen LogP contribution in [0.1, 0.15) is 49.1 Å². The SMILES string of the molecule is CCCSc1nc(N[C@H]2C[C@@H]2c2ccc(F)c(F)c2)c(N)c(N[C@@H]2C[C@H]2c2ccc(F)c(F)c2)n1. The second-order valence-electron chi connectivity index (χ2n) is 9.00. The lowest BCUT2D eigenvalue weighted by Gasteiger charge is -2.15. The number of benzene rings is 2. The number of rotatable bonds is 9. The molecule has 35 heavy (non-hydrogen) atoms. The van der Waals surface area contributed by atoms with Crippen molar-refractivity contribution in [1.82, 2.24) is 9.97 Å². The molecule has 0 aliphatic heterocycles. The number of hydrogen-bond donors (Lipinski definition) is 3. The van der Waals surface area contributed by atoms with E-state index in [2.05, 4.69) is 27.5 Å². The van der Waals surface area contributed by atoms with Crippen LogP contribution >= 0.6 is 11.8 Å². The Morgan fingerprint density at radius 3 is 1.74 bits per heavy atom. The van der Waals surface area contributed by atoms with Gasteiger partial charge in [-0.15, -0.1) is 0 Å². The van der Waals surface area contributed by atoms with E-state index in [1.807, 2.05) is 0 Å². The first-order valence-electron chi connectivity index (χ1n) is 11.6. The number of nitrogen functional groups attached to an aromatic ring is 1. The molecule has 2 aliphatic carbocycles. The van der Waals surface area contributed by atoms with Gasteiger partial charge in [0.2, 0.25) is 0 Å². The van der Waals surface area contributed by atoms with Gasteiger partial charge in [-0.05, 0) is 54.7 Å². The van der Waals surface area contributed by atoms with Crippen LogP contribution < -0.4 is 16.4 Å². The van der Waals surface area contributed by atoms with Crippen LogP contribution in [-0.4, -0.2) is 27.8 Å². The van der Waals surface area contributed by atoms with Crippen LogP contribution in [0, 0.1) is 23.3 Å². The summed E-state index contributed by atoms with van der Waals surface area (Å²) in [6, 6.07) is 7.90. The lowest BCUT2D eigenvalue weighted by molar-refractivity contribution is 0.507. The minimum Gasteiger partial charge on any atom is -0.393 e. The van der Waals surface area contributed by atoms with Crippen molar-refractivity contribution < 1.29 is 17.6 Å². The van der Waals surface area contributed by atoms with Crippen LogP contribution in [0.2, 0.25) is 0 Å². The average Bonchev–Trinajstić information content (AvgIpc) is 3.76. The quantitative estimate of drug-likeness (QED) is 0.187. The number of nitrogens with one attached hydrogen (secondary N) is 2. The Hall–Kier alpha value is -3.01. The summed E-state index contributed by atoms with van der Waals surface area (Å²) in [5, 5.41) is 7.25. The van der Waals surface area contributed by atoms with Crippen LogP contribution in [0.15, 0.2) is 41.6 Å². The van der Waals surface area contributed by atoms with Crippen LogP contribution in [-0.2, 0) is 0 Å². The second kappa shape index (κ2) is 9.56. The highest BCUT2D eigenvalue weighted by atomic mass is 32.2. The van der Waals surface area contributed by atoms with E-state index in [1.165, 1.54) is 23.9 Å². The third-order valence-electron chi connectivity index (χ3n) is 6.33. The van der Waals surface area contributed by atoms with E-state index < -0.39 is 23.3 Å². The first-order valence-corrected chi connectivity index (χ1v) is 12.6. The first-order chi connectivity index (χ1) is 16.8. The standard InChI is InChI=1S/C25H25F4N5S/c1-2-7-35-25-33-23(31-20-10-14(20)12-3-5-16(26)18(28)8-12)22(30)24(34-25)32-21-11-15(21)13-4-6-17(27)19(29)9-13/h3-6,8-9,14-15,20-21H,2,7,10-11,30H2,1H3,(H2,31,32,33,34)/t14-,15+,20+,21-. The van der Waals surface area contributed by atoms with Crippen molar-refractivity contribution in [3.05, 3.63) is 70.8 Å². The van der Waals surface area contributed by atoms with Gasteiger partial charge in [0, 0.05) is 29.7 Å². The van der Waals surface area contributed by atoms with Crippen molar-refractivity contribution in [2.24, 2.45) is 0 Å². The van der Waals surface area contributed by atoms with Gasteiger partial charge in [0.25, 0.3) is 0 Å². The Morgan fingerprint density at radius 2 is 1.31 bits per heavy atom. The molecule has 1 heterocycles. The summed E-state index contributed by atoms with van der Waals surface area (Å²) >= 11 is 1.51. The first kappa shape index (κ1) is 23.7. The van der Waals surface area contributed by atoms with Crippen LogP contribution in [0.5, 0.6) is 0 Å². The Balaban J connectivity index is 1.32.